The zero-order chi connectivity index (χ0) is 18.2. The van der Waals surface area contributed by atoms with E-state index in [-0.39, 0.29) is 18.2 Å². The van der Waals surface area contributed by atoms with Crippen molar-refractivity contribution in [2.75, 3.05) is 26.7 Å². The lowest BCUT2D eigenvalue weighted by atomic mass is 9.70. The maximum Gasteiger partial charge on any atom is 0.313 e. The lowest BCUT2D eigenvalue weighted by Crippen LogP contribution is -2.63. The van der Waals surface area contributed by atoms with Gasteiger partial charge >= 0.3 is 5.97 Å². The van der Waals surface area contributed by atoms with Crippen molar-refractivity contribution in [1.82, 2.24) is 10.2 Å². The Labute approximate surface area is 143 Å². The third-order valence-corrected chi connectivity index (χ3v) is 5.21. The second kappa shape index (κ2) is 6.59. The predicted molar refractivity (Wildman–Crippen MR) is 84.5 cm³/mol. The van der Waals surface area contributed by atoms with E-state index < -0.39 is 34.7 Å². The average molecular weight is 354 g/mol. The monoisotopic (exact) mass is 354 g/mol. The lowest BCUT2D eigenvalue weighted by Gasteiger charge is -2.48. The number of nitrogens with zero attached hydrogens (tertiary/aromatic N) is 1. The van der Waals surface area contributed by atoms with Crippen LogP contribution in [-0.2, 0) is 4.79 Å². The van der Waals surface area contributed by atoms with Gasteiger partial charge in [-0.3, -0.25) is 9.59 Å². The molecule has 136 valence electrons. The number of likely N-dealkylation sites (tertiary alicyclic amines) is 1. The van der Waals surface area contributed by atoms with Crippen LogP contribution in [0.5, 0.6) is 5.75 Å². The number of nitrogens with one attached hydrogen (secondary N) is 1. The topological polar surface area (TPSA) is 78.9 Å². The van der Waals surface area contributed by atoms with Gasteiger partial charge in [-0.25, -0.2) is 8.78 Å². The number of piperidine rings is 2. The zero-order valence-corrected chi connectivity index (χ0v) is 13.8. The maximum atomic E-state index is 14.4. The lowest BCUT2D eigenvalue weighted by molar-refractivity contribution is -0.156. The quantitative estimate of drug-likeness (QED) is 0.863. The number of carboxylic acid groups (broad SMARTS) is 1. The van der Waals surface area contributed by atoms with Gasteiger partial charge in [0, 0.05) is 19.1 Å². The van der Waals surface area contributed by atoms with Crippen LogP contribution in [0, 0.1) is 17.0 Å². The molecule has 2 aliphatic heterocycles. The van der Waals surface area contributed by atoms with Crippen molar-refractivity contribution in [3.05, 3.63) is 29.3 Å². The SMILES string of the molecule is COc1c(F)ccc(C(=O)N2CC[C@H]3NCCC[C@]3(C(=O)O)C2)c1F. The molecular formula is C17H20F2N2O4. The maximum absolute atomic E-state index is 14.4. The molecule has 0 aliphatic carbocycles. The molecule has 6 nitrogen and oxygen atoms in total. The Morgan fingerprint density at radius 3 is 2.84 bits per heavy atom. The molecule has 25 heavy (non-hydrogen) atoms. The van der Waals surface area contributed by atoms with Crippen LogP contribution < -0.4 is 10.1 Å². The molecule has 1 aromatic rings. The number of carbonyl (C=O) groups is 2. The van der Waals surface area contributed by atoms with Gasteiger partial charge in [0.2, 0.25) is 0 Å². The van der Waals surface area contributed by atoms with E-state index >= 15 is 0 Å². The molecule has 2 aliphatic rings. The number of carboxylic acids is 1. The minimum Gasteiger partial charge on any atom is -0.491 e. The molecule has 0 radical (unpaired) electrons. The van der Waals surface area contributed by atoms with E-state index in [1.807, 2.05) is 0 Å². The molecule has 2 N–H and O–H groups in total. The van der Waals surface area contributed by atoms with E-state index in [0.29, 0.717) is 25.8 Å². The molecule has 0 aromatic heterocycles. The van der Waals surface area contributed by atoms with E-state index in [9.17, 15) is 23.5 Å². The number of halogens is 2. The van der Waals surface area contributed by atoms with Gasteiger partial charge in [0.1, 0.15) is 5.41 Å². The summed E-state index contributed by atoms with van der Waals surface area (Å²) in [4.78, 5) is 26.0. The van der Waals surface area contributed by atoms with Gasteiger partial charge in [0.05, 0.1) is 12.7 Å². The Balaban J connectivity index is 1.90. The smallest absolute Gasteiger partial charge is 0.313 e. The van der Waals surface area contributed by atoms with Gasteiger partial charge in [0.25, 0.3) is 5.91 Å². The summed E-state index contributed by atoms with van der Waals surface area (Å²) in [5.41, 5.74) is -1.40. The number of aliphatic carboxylic acids is 1. The fourth-order valence-corrected chi connectivity index (χ4v) is 3.87. The first-order valence-corrected chi connectivity index (χ1v) is 8.19. The third kappa shape index (κ3) is 2.84. The van der Waals surface area contributed by atoms with Gasteiger partial charge in [-0.1, -0.05) is 0 Å². The van der Waals surface area contributed by atoms with Crippen LogP contribution >= 0.6 is 0 Å². The number of ether oxygens (including phenoxy) is 1. The van der Waals surface area contributed by atoms with Crippen LogP contribution in [0.4, 0.5) is 8.78 Å². The van der Waals surface area contributed by atoms with E-state index in [1.54, 1.807) is 0 Å². The number of benzene rings is 1. The number of carbonyl (C=O) groups excluding carboxylic acids is 1. The van der Waals surface area contributed by atoms with Crippen molar-refractivity contribution in [2.24, 2.45) is 5.41 Å². The molecule has 1 aromatic carbocycles. The normalized spacial score (nSPS) is 26.0. The molecule has 2 saturated heterocycles. The molecular weight excluding hydrogens is 334 g/mol. The Kier molecular flexibility index (Phi) is 4.64. The van der Waals surface area contributed by atoms with E-state index in [4.69, 9.17) is 0 Å². The average Bonchev–Trinajstić information content (AvgIpc) is 2.61. The second-order valence-electron chi connectivity index (χ2n) is 6.53. The molecule has 0 bridgehead atoms. The van der Waals surface area contributed by atoms with Crippen molar-refractivity contribution in [1.29, 1.82) is 0 Å². The Morgan fingerprint density at radius 1 is 1.40 bits per heavy atom. The van der Waals surface area contributed by atoms with Crippen LogP contribution in [0.3, 0.4) is 0 Å². The van der Waals surface area contributed by atoms with Gasteiger partial charge in [0.15, 0.2) is 17.4 Å². The standard InChI is InChI=1S/C17H20F2N2O4/c1-25-14-11(18)4-3-10(13(14)19)15(22)21-8-5-12-17(9-21,16(23)24)6-2-7-20-12/h3-4,12,20H,2,5-9H2,1H3,(H,23,24)/t12-,17+/m1/s1. The van der Waals surface area contributed by atoms with Gasteiger partial charge in [-0.2, -0.15) is 0 Å². The summed E-state index contributed by atoms with van der Waals surface area (Å²) in [7, 11) is 1.12. The first-order valence-electron chi connectivity index (χ1n) is 8.19. The number of methoxy groups -OCH3 is 1. The van der Waals surface area contributed by atoms with Crippen LogP contribution in [0.1, 0.15) is 29.6 Å². The summed E-state index contributed by atoms with van der Waals surface area (Å²) in [5.74, 6) is -4.19. The van der Waals surface area contributed by atoms with Crippen molar-refractivity contribution >= 4 is 11.9 Å². The fraction of sp³-hybridized carbons (Fsp3) is 0.529. The third-order valence-electron chi connectivity index (χ3n) is 5.21. The molecule has 1 amide bonds. The first-order chi connectivity index (χ1) is 11.9. The van der Waals surface area contributed by atoms with Crippen molar-refractivity contribution in [2.45, 2.75) is 25.3 Å². The summed E-state index contributed by atoms with van der Waals surface area (Å²) in [5, 5.41) is 13.0. The number of hydrogen-bond acceptors (Lipinski definition) is 4. The highest BCUT2D eigenvalue weighted by Gasteiger charge is 2.51. The van der Waals surface area contributed by atoms with Gasteiger partial charge in [-0.15, -0.1) is 0 Å². The van der Waals surface area contributed by atoms with Crippen LogP contribution in [-0.4, -0.2) is 54.7 Å². The molecule has 0 saturated carbocycles. The molecule has 2 heterocycles. The minimum absolute atomic E-state index is 0.00202. The van der Waals surface area contributed by atoms with Crippen LogP contribution in [0.15, 0.2) is 12.1 Å². The highest BCUT2D eigenvalue weighted by atomic mass is 19.1. The molecule has 2 atom stereocenters. The largest absolute Gasteiger partial charge is 0.491 e. The number of fused-ring (bicyclic) bond motifs is 1. The van der Waals surface area contributed by atoms with Gasteiger partial charge < -0.3 is 20.1 Å². The van der Waals surface area contributed by atoms with Crippen molar-refractivity contribution in [3.63, 3.8) is 0 Å². The zero-order valence-electron chi connectivity index (χ0n) is 13.8. The highest BCUT2D eigenvalue weighted by Crippen LogP contribution is 2.38. The fourth-order valence-electron chi connectivity index (χ4n) is 3.87. The Bertz CT molecular complexity index is 712. The molecule has 2 fully saturated rings. The molecule has 0 spiro atoms. The van der Waals surface area contributed by atoms with Crippen molar-refractivity contribution in [3.8, 4) is 5.75 Å². The van der Waals surface area contributed by atoms with Crippen LogP contribution in [0.2, 0.25) is 0 Å². The molecule has 3 rings (SSSR count). The summed E-state index contributed by atoms with van der Waals surface area (Å²) >= 11 is 0. The van der Waals surface area contributed by atoms with Crippen molar-refractivity contribution < 1.29 is 28.2 Å². The number of hydrogen-bond donors (Lipinski definition) is 2. The first kappa shape index (κ1) is 17.6. The summed E-state index contributed by atoms with van der Waals surface area (Å²) in [6.07, 6.45) is 1.63. The van der Waals surface area contributed by atoms with E-state index in [2.05, 4.69) is 10.1 Å². The van der Waals surface area contributed by atoms with E-state index in [1.165, 1.54) is 4.90 Å². The number of rotatable bonds is 3. The number of amides is 1. The highest BCUT2D eigenvalue weighted by molar-refractivity contribution is 5.95. The summed E-state index contributed by atoms with van der Waals surface area (Å²) in [6.45, 7) is 1.06. The van der Waals surface area contributed by atoms with E-state index in [0.717, 1.165) is 25.8 Å². The minimum atomic E-state index is -1.08. The molecule has 0 unspecified atom stereocenters. The summed E-state index contributed by atoms with van der Waals surface area (Å²) < 4.78 is 32.6. The summed E-state index contributed by atoms with van der Waals surface area (Å²) in [6, 6.07) is 1.82. The Hall–Kier alpha value is -2.22. The van der Waals surface area contributed by atoms with Gasteiger partial charge in [-0.05, 0) is 37.9 Å². The predicted octanol–water partition coefficient (Wildman–Crippen LogP) is 1.64. The van der Waals surface area contributed by atoms with Crippen LogP contribution in [0.25, 0.3) is 0 Å². The Morgan fingerprint density at radius 2 is 2.16 bits per heavy atom. The molecule has 8 heteroatoms. The second-order valence-corrected chi connectivity index (χ2v) is 6.53.